The summed E-state index contributed by atoms with van der Waals surface area (Å²) >= 11 is 1.76. The van der Waals surface area contributed by atoms with Crippen molar-refractivity contribution in [3.05, 3.63) is 21.4 Å². The Bertz CT molecular complexity index is 316. The maximum atomic E-state index is 8.71. The van der Waals surface area contributed by atoms with Crippen molar-refractivity contribution in [2.45, 2.75) is 19.2 Å². The first kappa shape index (κ1) is 7.84. The van der Waals surface area contributed by atoms with Crippen molar-refractivity contribution in [3.63, 3.8) is 0 Å². The van der Waals surface area contributed by atoms with Crippen LogP contribution in [0.5, 0.6) is 0 Å². The number of fused-ring (bicyclic) bond motifs is 1. The van der Waals surface area contributed by atoms with E-state index in [1.54, 1.807) is 11.3 Å². The monoisotopic (exact) mass is 176 g/mol. The summed E-state index contributed by atoms with van der Waals surface area (Å²) in [5, 5.41) is 8.71. The Morgan fingerprint density at radius 2 is 2.50 bits per heavy atom. The van der Waals surface area contributed by atoms with Crippen molar-refractivity contribution in [2.75, 3.05) is 0 Å². The average molecular weight is 176 g/mol. The molecule has 0 aliphatic carbocycles. The van der Waals surface area contributed by atoms with Crippen LogP contribution in [0.4, 0.5) is 0 Å². The zero-order chi connectivity index (χ0) is 8.55. The molecule has 0 radical (unpaired) electrons. The van der Waals surface area contributed by atoms with Crippen LogP contribution in [0.3, 0.4) is 0 Å². The molecule has 1 aromatic heterocycles. The number of rotatable bonds is 1. The Hall–Kier alpha value is -0.785. The highest BCUT2D eigenvalue weighted by atomic mass is 32.1. The molecular weight excluding hydrogens is 167 g/mol. The van der Waals surface area contributed by atoms with Gasteiger partial charge in [0.2, 0.25) is 0 Å². The van der Waals surface area contributed by atoms with Gasteiger partial charge < -0.3 is 5.73 Å². The first-order valence-electron chi connectivity index (χ1n) is 4.03. The summed E-state index contributed by atoms with van der Waals surface area (Å²) in [6.45, 7) is 0.854. The molecule has 0 amide bonds. The van der Waals surface area contributed by atoms with Crippen molar-refractivity contribution in [3.8, 4) is 5.97 Å². The quantitative estimate of drug-likeness (QED) is 0.647. The minimum atomic E-state index is 0.220. The normalized spacial score (nSPS) is 14.5. The van der Waals surface area contributed by atoms with Crippen LogP contribution in [-0.2, 0) is 19.2 Å². The highest BCUT2D eigenvalue weighted by molar-refractivity contribution is 7.12. The molecule has 2 nitrogen and oxygen atoms in total. The van der Waals surface area contributed by atoms with Crippen molar-refractivity contribution < 1.29 is 0 Å². The summed E-state index contributed by atoms with van der Waals surface area (Å²) in [6, 6.07) is 2.15. The predicted octanol–water partition coefficient (Wildman–Crippen LogP) is 0.941. The molecule has 0 saturated heterocycles. The number of hydrogen-bond acceptors (Lipinski definition) is 3. The molecule has 1 aliphatic heterocycles. The molecule has 0 fully saturated rings. The standard InChI is InChI=1S/C8H9BN2S/c10-4-7-1-6-2-9(5-11)3-8(6)12-7/h1H,2-4,10H2. The van der Waals surface area contributed by atoms with Gasteiger partial charge in [0.05, 0.1) is 0 Å². The van der Waals surface area contributed by atoms with Gasteiger partial charge >= 0.3 is 0 Å². The van der Waals surface area contributed by atoms with E-state index in [4.69, 9.17) is 11.0 Å². The number of thiophene rings is 1. The molecule has 2 heterocycles. The summed E-state index contributed by atoms with van der Waals surface area (Å²) in [7, 11) is 0. The molecule has 0 spiro atoms. The van der Waals surface area contributed by atoms with E-state index in [-0.39, 0.29) is 6.71 Å². The Balaban J connectivity index is 2.25. The smallest absolute Gasteiger partial charge is 0.277 e. The number of nitriles is 1. The lowest BCUT2D eigenvalue weighted by atomic mass is 9.49. The molecule has 60 valence electrons. The van der Waals surface area contributed by atoms with Crippen LogP contribution in [0.1, 0.15) is 15.3 Å². The summed E-state index contributed by atoms with van der Waals surface area (Å²) in [5.74, 6) is 2.31. The van der Waals surface area contributed by atoms with Crippen LogP contribution >= 0.6 is 11.3 Å². The highest BCUT2D eigenvalue weighted by Gasteiger charge is 2.27. The summed E-state index contributed by atoms with van der Waals surface area (Å²) < 4.78 is 0. The van der Waals surface area contributed by atoms with E-state index in [0.29, 0.717) is 6.54 Å². The Kier molecular flexibility index (Phi) is 1.91. The van der Waals surface area contributed by atoms with Crippen LogP contribution in [0.25, 0.3) is 0 Å². The number of hydrogen-bond donors (Lipinski definition) is 1. The highest BCUT2D eigenvalue weighted by Crippen LogP contribution is 2.29. The van der Waals surface area contributed by atoms with Gasteiger partial charge in [-0.05, 0) is 24.3 Å². The Labute approximate surface area is 76.1 Å². The fourth-order valence-electron chi connectivity index (χ4n) is 1.63. The van der Waals surface area contributed by atoms with Crippen molar-refractivity contribution in [1.82, 2.24) is 0 Å². The summed E-state index contributed by atoms with van der Waals surface area (Å²) in [5.41, 5.74) is 6.88. The molecule has 4 heteroatoms. The molecule has 0 unspecified atom stereocenters. The molecule has 1 aliphatic rings. The fourth-order valence-corrected chi connectivity index (χ4v) is 2.79. The molecule has 12 heavy (non-hydrogen) atoms. The molecule has 1 aromatic rings. The lowest BCUT2D eigenvalue weighted by Gasteiger charge is -1.90. The lowest BCUT2D eigenvalue weighted by Crippen LogP contribution is -2.10. The van der Waals surface area contributed by atoms with Crippen LogP contribution in [0.2, 0.25) is 0 Å². The third kappa shape index (κ3) is 1.15. The summed E-state index contributed by atoms with van der Waals surface area (Å²) in [6.07, 6.45) is 1.87. The third-order valence-electron chi connectivity index (χ3n) is 2.23. The van der Waals surface area contributed by atoms with E-state index in [1.165, 1.54) is 15.3 Å². The maximum Gasteiger partial charge on any atom is 0.277 e. The van der Waals surface area contributed by atoms with E-state index in [0.717, 1.165) is 12.6 Å². The van der Waals surface area contributed by atoms with Crippen LogP contribution < -0.4 is 5.73 Å². The van der Waals surface area contributed by atoms with E-state index in [1.807, 2.05) is 0 Å². The lowest BCUT2D eigenvalue weighted by molar-refractivity contribution is 1.10. The van der Waals surface area contributed by atoms with E-state index in [2.05, 4.69) is 12.0 Å². The maximum absolute atomic E-state index is 8.71. The second-order valence-corrected chi connectivity index (χ2v) is 4.32. The van der Waals surface area contributed by atoms with Gasteiger partial charge in [0.15, 0.2) is 0 Å². The Morgan fingerprint density at radius 3 is 3.08 bits per heavy atom. The minimum absolute atomic E-state index is 0.220. The zero-order valence-corrected chi connectivity index (χ0v) is 7.53. The first-order valence-corrected chi connectivity index (χ1v) is 4.85. The summed E-state index contributed by atoms with van der Waals surface area (Å²) in [4.78, 5) is 2.62. The van der Waals surface area contributed by atoms with Crippen molar-refractivity contribution in [2.24, 2.45) is 5.73 Å². The van der Waals surface area contributed by atoms with Gasteiger partial charge in [-0.3, -0.25) is 0 Å². The SMILES string of the molecule is N#CB1Cc2cc(CN)sc2C1. The van der Waals surface area contributed by atoms with Gasteiger partial charge in [0.25, 0.3) is 6.71 Å². The van der Waals surface area contributed by atoms with Gasteiger partial charge in [-0.2, -0.15) is 0 Å². The molecule has 2 N–H and O–H groups in total. The molecule has 0 aromatic carbocycles. The van der Waals surface area contributed by atoms with Crippen LogP contribution in [-0.4, -0.2) is 6.71 Å². The number of nitrogens with two attached hydrogens (primary N) is 1. The van der Waals surface area contributed by atoms with Crippen LogP contribution in [0, 0.1) is 11.2 Å². The van der Waals surface area contributed by atoms with Crippen LogP contribution in [0.15, 0.2) is 6.07 Å². The third-order valence-corrected chi connectivity index (χ3v) is 3.45. The second-order valence-electron chi connectivity index (χ2n) is 3.10. The fraction of sp³-hybridized carbons (Fsp3) is 0.375. The average Bonchev–Trinajstić information content (AvgIpc) is 2.59. The molecular formula is C8H9BN2S. The van der Waals surface area contributed by atoms with Gasteiger partial charge in [0, 0.05) is 22.3 Å². The van der Waals surface area contributed by atoms with Gasteiger partial charge in [0.1, 0.15) is 0 Å². The predicted molar refractivity (Wildman–Crippen MR) is 51.0 cm³/mol. The zero-order valence-electron chi connectivity index (χ0n) is 6.71. The van der Waals surface area contributed by atoms with E-state index >= 15 is 0 Å². The van der Waals surface area contributed by atoms with Crippen molar-refractivity contribution in [1.29, 1.82) is 5.26 Å². The van der Waals surface area contributed by atoms with Gasteiger partial charge in [-0.25, -0.2) is 5.26 Å². The van der Waals surface area contributed by atoms with E-state index < -0.39 is 0 Å². The molecule has 2 rings (SSSR count). The Morgan fingerprint density at radius 1 is 1.67 bits per heavy atom. The van der Waals surface area contributed by atoms with Gasteiger partial charge in [-0.15, -0.1) is 11.3 Å². The minimum Gasteiger partial charge on any atom is -0.326 e. The largest absolute Gasteiger partial charge is 0.326 e. The first-order chi connectivity index (χ1) is 5.83. The molecule has 0 bridgehead atoms. The van der Waals surface area contributed by atoms with Gasteiger partial charge in [-0.1, -0.05) is 0 Å². The molecule has 0 atom stereocenters. The van der Waals surface area contributed by atoms with E-state index in [9.17, 15) is 0 Å². The molecule has 0 saturated carbocycles. The topological polar surface area (TPSA) is 49.8 Å². The number of nitrogens with zero attached hydrogens (tertiary/aromatic N) is 1. The second kappa shape index (κ2) is 2.93. The van der Waals surface area contributed by atoms with Crippen molar-refractivity contribution >= 4 is 18.0 Å².